The minimum Gasteiger partial charge on any atom is -0.481 e. The van der Waals surface area contributed by atoms with Crippen molar-refractivity contribution < 1.29 is 37.4 Å². The second-order valence-corrected chi connectivity index (χ2v) is 25.9. The van der Waals surface area contributed by atoms with E-state index >= 15 is 0 Å². The summed E-state index contributed by atoms with van der Waals surface area (Å²) in [6, 6.07) is -0.0373. The third-order valence-corrected chi connectivity index (χ3v) is 21.4. The van der Waals surface area contributed by atoms with Crippen LogP contribution < -0.4 is 10.6 Å². The van der Waals surface area contributed by atoms with Gasteiger partial charge in [-0.3, -0.25) is 14.5 Å². The van der Waals surface area contributed by atoms with Gasteiger partial charge in [0, 0.05) is 43.2 Å². The van der Waals surface area contributed by atoms with E-state index in [0.717, 1.165) is 32.1 Å². The number of carbonyl (C=O) groups is 3. The third kappa shape index (κ3) is 7.55. The molecule has 7 aliphatic rings. The second-order valence-electron chi connectivity index (χ2n) is 23.6. The molecule has 0 aromatic carbocycles. The van der Waals surface area contributed by atoms with Crippen molar-refractivity contribution >= 4 is 27.9 Å². The predicted octanol–water partition coefficient (Wildman–Crippen LogP) is 7.96. The van der Waals surface area contributed by atoms with Gasteiger partial charge in [0.25, 0.3) is 0 Å². The monoisotopic (exact) mass is 860 g/mol. The van der Waals surface area contributed by atoms with Gasteiger partial charge in [0.1, 0.15) is 6.10 Å². The maximum absolute atomic E-state index is 13.7. The van der Waals surface area contributed by atoms with E-state index < -0.39 is 33.2 Å². The van der Waals surface area contributed by atoms with E-state index in [1.807, 2.05) is 27.7 Å². The molecule has 13 atom stereocenters. The Kier molecular flexibility index (Phi) is 12.3. The fourth-order valence-electron chi connectivity index (χ4n) is 16.1. The average molecular weight is 860 g/mol. The molecular formula is C48H81N3O8S. The molecule has 0 bridgehead atoms. The van der Waals surface area contributed by atoms with E-state index in [-0.39, 0.29) is 68.8 Å². The Bertz CT molecular complexity index is 1750. The topological polar surface area (TPSA) is 151 Å². The Labute approximate surface area is 362 Å². The molecule has 7 fully saturated rings. The smallest absolute Gasteiger partial charge is 0.407 e. The number of rotatable bonds is 11. The molecule has 6 saturated carbocycles. The van der Waals surface area contributed by atoms with Crippen molar-refractivity contribution in [1.29, 1.82) is 0 Å². The van der Waals surface area contributed by atoms with Crippen LogP contribution in [0, 0.1) is 74.4 Å². The first kappa shape index (κ1) is 46.1. The first-order valence-electron chi connectivity index (χ1n) is 23.9. The number of alkyl carbamates (subject to hydrolysis) is 1. The Morgan fingerprint density at radius 2 is 1.45 bits per heavy atom. The molecule has 7 rings (SSSR count). The largest absolute Gasteiger partial charge is 0.481 e. The first-order valence-corrected chi connectivity index (χ1v) is 25.7. The van der Waals surface area contributed by atoms with Crippen molar-refractivity contribution in [3.05, 3.63) is 0 Å². The van der Waals surface area contributed by atoms with Gasteiger partial charge in [-0.25, -0.2) is 13.2 Å². The molecular weight excluding hydrogens is 779 g/mol. The summed E-state index contributed by atoms with van der Waals surface area (Å²) < 4.78 is 36.8. The number of amides is 1. The molecule has 6 aliphatic carbocycles. The average Bonchev–Trinajstić information content (AvgIpc) is 3.53. The Morgan fingerprint density at radius 1 is 0.767 bits per heavy atom. The first-order chi connectivity index (χ1) is 27.8. The summed E-state index contributed by atoms with van der Waals surface area (Å²) in [5, 5.41) is 17.0. The highest BCUT2D eigenvalue weighted by molar-refractivity contribution is 7.91. The van der Waals surface area contributed by atoms with Crippen molar-refractivity contribution in [1.82, 2.24) is 15.5 Å². The van der Waals surface area contributed by atoms with Gasteiger partial charge in [0.2, 0.25) is 0 Å². The molecule has 342 valence electrons. The molecule has 11 nitrogen and oxygen atoms in total. The van der Waals surface area contributed by atoms with Crippen molar-refractivity contribution in [3.8, 4) is 0 Å². The lowest BCUT2D eigenvalue weighted by Crippen LogP contribution is -2.69. The zero-order valence-corrected chi connectivity index (χ0v) is 39.8. The van der Waals surface area contributed by atoms with Crippen LogP contribution >= 0.6 is 0 Å². The molecule has 0 aromatic rings. The molecule has 3 N–H and O–H groups in total. The van der Waals surface area contributed by atoms with E-state index in [9.17, 15) is 27.9 Å². The molecule has 1 aliphatic heterocycles. The van der Waals surface area contributed by atoms with Crippen LogP contribution in [0.15, 0.2) is 0 Å². The van der Waals surface area contributed by atoms with E-state index in [4.69, 9.17) is 9.47 Å². The maximum atomic E-state index is 13.7. The summed E-state index contributed by atoms with van der Waals surface area (Å²) in [4.78, 5) is 40.5. The number of esters is 1. The van der Waals surface area contributed by atoms with Gasteiger partial charge in [-0.2, -0.15) is 0 Å². The SMILES string of the molecule is CC(C)OC(=O)NCC(CN[C@]12CC[C@@H](C(C)C)[C@@H]1[C@H]1CC[C@@H]3[C@@]4(C)CC[C@H](OC(=O)[C@H]5C[C@@H](C(=O)O)C5(C)C)C(C)(C)[C@@H]4CC[C@@]3(C)[C@]1(C)CC2)N1CCS(=O)(=O)CC1. The zero-order chi connectivity index (χ0) is 44.0. The number of hydrogen-bond donors (Lipinski definition) is 3. The molecule has 1 heterocycles. The highest BCUT2D eigenvalue weighted by Crippen LogP contribution is 2.76. The summed E-state index contributed by atoms with van der Waals surface area (Å²) in [6.45, 7) is 27.1. The zero-order valence-electron chi connectivity index (χ0n) is 39.0. The van der Waals surface area contributed by atoms with Crippen molar-refractivity contribution in [3.63, 3.8) is 0 Å². The van der Waals surface area contributed by atoms with E-state index in [1.165, 1.54) is 32.1 Å². The van der Waals surface area contributed by atoms with Crippen LogP contribution in [0.1, 0.15) is 147 Å². The quantitative estimate of drug-likeness (QED) is 0.175. The number of carbonyl (C=O) groups excluding carboxylic acids is 2. The molecule has 0 aromatic heterocycles. The number of sulfone groups is 1. The number of aliphatic carboxylic acids is 1. The van der Waals surface area contributed by atoms with Crippen LogP contribution in [0.4, 0.5) is 4.79 Å². The standard InChI is InChI=1S/C48H81N3O8S/c1-29(2)32-14-19-48(50-28-31(27-49-42(55)58-30(3)4)51-22-24-60(56,57)25-23-51)21-20-46(10)33(39(32)48)12-13-37-45(9)17-16-38(44(7,8)36(45)15-18-47(37,46)11)59-41(54)35-26-34(40(52)53)43(35,5)6/h29-39,50H,12-28H2,1-11H3,(H,49,55)(H,52,53)/t31?,32-,33+,34-,35+,36-,37+,38-,39+,45-,46+,47+,48-/m0/s1. The highest BCUT2D eigenvalue weighted by Gasteiger charge is 2.71. The van der Waals surface area contributed by atoms with Gasteiger partial charge >= 0.3 is 18.0 Å². The fraction of sp³-hybridized carbons (Fsp3) is 0.938. The van der Waals surface area contributed by atoms with Crippen LogP contribution in [0.3, 0.4) is 0 Å². The molecule has 1 unspecified atom stereocenters. The van der Waals surface area contributed by atoms with Crippen molar-refractivity contribution in [2.45, 2.75) is 171 Å². The number of carboxylic acid groups (broad SMARTS) is 1. The Morgan fingerprint density at radius 3 is 2.07 bits per heavy atom. The Hall–Kier alpha value is -1.92. The summed E-state index contributed by atoms with van der Waals surface area (Å²) in [6.07, 6.45) is 10.9. The number of fused-ring (bicyclic) bond motifs is 7. The van der Waals surface area contributed by atoms with Gasteiger partial charge in [-0.1, -0.05) is 62.3 Å². The Balaban J connectivity index is 1.09. The van der Waals surface area contributed by atoms with Crippen LogP contribution in [0.5, 0.6) is 0 Å². The third-order valence-electron chi connectivity index (χ3n) is 19.8. The predicted molar refractivity (Wildman–Crippen MR) is 234 cm³/mol. The van der Waals surface area contributed by atoms with Crippen molar-refractivity contribution in [2.24, 2.45) is 74.4 Å². The lowest BCUT2D eigenvalue weighted by atomic mass is 9.32. The lowest BCUT2D eigenvalue weighted by Gasteiger charge is -2.73. The number of nitrogens with zero attached hydrogens (tertiary/aromatic N) is 1. The molecule has 1 saturated heterocycles. The summed E-state index contributed by atoms with van der Waals surface area (Å²) >= 11 is 0. The number of ether oxygens (including phenoxy) is 2. The van der Waals surface area contributed by atoms with E-state index in [2.05, 4.69) is 64.0 Å². The van der Waals surface area contributed by atoms with Gasteiger partial charge in [0.15, 0.2) is 9.84 Å². The molecule has 0 radical (unpaired) electrons. The normalized spacial score (nSPS) is 43.4. The van der Waals surface area contributed by atoms with Crippen LogP contribution in [-0.2, 0) is 28.9 Å². The molecule has 12 heteroatoms. The maximum Gasteiger partial charge on any atom is 0.407 e. The van der Waals surface area contributed by atoms with Gasteiger partial charge in [-0.05, 0) is 142 Å². The summed E-state index contributed by atoms with van der Waals surface area (Å²) in [5.74, 6) is 1.77. The minimum atomic E-state index is -3.05. The highest BCUT2D eigenvalue weighted by atomic mass is 32.2. The molecule has 60 heavy (non-hydrogen) atoms. The van der Waals surface area contributed by atoms with Gasteiger partial charge in [0.05, 0.1) is 29.4 Å². The van der Waals surface area contributed by atoms with Gasteiger partial charge in [-0.15, -0.1) is 0 Å². The second kappa shape index (κ2) is 16.0. The molecule has 1 amide bonds. The van der Waals surface area contributed by atoms with Crippen LogP contribution in [0.2, 0.25) is 0 Å². The van der Waals surface area contributed by atoms with Crippen LogP contribution in [-0.4, -0.2) is 97.9 Å². The number of nitrogens with one attached hydrogen (secondary N) is 2. The van der Waals surface area contributed by atoms with Crippen LogP contribution in [0.25, 0.3) is 0 Å². The fourth-order valence-corrected chi connectivity index (χ4v) is 17.3. The number of carboxylic acids is 1. The van der Waals surface area contributed by atoms with E-state index in [0.29, 0.717) is 68.1 Å². The van der Waals surface area contributed by atoms with Gasteiger partial charge < -0.3 is 25.2 Å². The number of hydrogen-bond acceptors (Lipinski definition) is 9. The molecule has 0 spiro atoms. The summed E-state index contributed by atoms with van der Waals surface area (Å²) in [5.41, 5.74) is -0.275. The van der Waals surface area contributed by atoms with Crippen molar-refractivity contribution in [2.75, 3.05) is 37.7 Å². The van der Waals surface area contributed by atoms with E-state index in [1.54, 1.807) is 0 Å². The minimum absolute atomic E-state index is 0.00534. The summed E-state index contributed by atoms with van der Waals surface area (Å²) in [7, 11) is -3.05. The lowest BCUT2D eigenvalue weighted by molar-refractivity contribution is -0.249.